The maximum Gasteiger partial charge on any atom is 0.161 e. The van der Waals surface area contributed by atoms with Crippen molar-refractivity contribution in [3.63, 3.8) is 0 Å². The van der Waals surface area contributed by atoms with Gasteiger partial charge in [0.15, 0.2) is 11.5 Å². The molecule has 34 heavy (non-hydrogen) atoms. The Morgan fingerprint density at radius 2 is 2.00 bits per heavy atom. The minimum atomic E-state index is -1.19. The standard InChI is InChI=1S/C25H30FN3O5/c1-31-23-8-3-20(15-24(23)33-14-12-29-10-2-9-27-29)16-28-11-13-32-18-25(30,17-28)19-34-22-6-4-21(26)5-7-22/h2-10,15,30H,11-14,16-19H2,1H3/t25-/m1/s1. The molecular formula is C25H30FN3O5. The van der Waals surface area contributed by atoms with Gasteiger partial charge in [-0.2, -0.15) is 5.10 Å². The van der Waals surface area contributed by atoms with E-state index in [1.807, 2.05) is 35.1 Å². The van der Waals surface area contributed by atoms with Crippen molar-refractivity contribution in [1.82, 2.24) is 14.7 Å². The normalized spacial score (nSPS) is 18.9. The summed E-state index contributed by atoms with van der Waals surface area (Å²) in [6, 6.07) is 13.4. The van der Waals surface area contributed by atoms with Gasteiger partial charge in [0.25, 0.3) is 0 Å². The summed E-state index contributed by atoms with van der Waals surface area (Å²) >= 11 is 0. The molecule has 1 aromatic heterocycles. The number of ether oxygens (including phenoxy) is 4. The third-order valence-corrected chi connectivity index (χ3v) is 5.53. The number of halogens is 1. The summed E-state index contributed by atoms with van der Waals surface area (Å²) in [5.74, 6) is 1.48. The van der Waals surface area contributed by atoms with E-state index in [4.69, 9.17) is 18.9 Å². The van der Waals surface area contributed by atoms with Gasteiger partial charge >= 0.3 is 0 Å². The molecule has 2 aromatic carbocycles. The second-order valence-corrected chi connectivity index (χ2v) is 8.33. The number of β-amino-alcohol motifs (C(OH)–C–C–N with tert-alkyl or cyclic N) is 1. The topological polar surface area (TPSA) is 78.2 Å². The number of rotatable bonds is 10. The van der Waals surface area contributed by atoms with Crippen LogP contribution in [0.15, 0.2) is 60.9 Å². The zero-order chi connectivity index (χ0) is 23.8. The lowest BCUT2D eigenvalue weighted by molar-refractivity contribution is -0.0646. The van der Waals surface area contributed by atoms with Crippen LogP contribution >= 0.6 is 0 Å². The molecule has 0 spiro atoms. The van der Waals surface area contributed by atoms with Crippen LogP contribution in [-0.4, -0.2) is 72.0 Å². The SMILES string of the molecule is COc1ccc(CN2CCOC[C@@](O)(COc3ccc(F)cc3)C2)cc1OCCn1cccn1. The molecule has 9 heteroatoms. The lowest BCUT2D eigenvalue weighted by atomic mass is 10.1. The van der Waals surface area contributed by atoms with Crippen LogP contribution in [0, 0.1) is 5.82 Å². The molecule has 1 fully saturated rings. The Morgan fingerprint density at radius 3 is 2.76 bits per heavy atom. The van der Waals surface area contributed by atoms with E-state index in [-0.39, 0.29) is 19.0 Å². The first-order chi connectivity index (χ1) is 16.5. The molecule has 1 aliphatic heterocycles. The average Bonchev–Trinajstić information content (AvgIpc) is 3.28. The second kappa shape index (κ2) is 11.3. The van der Waals surface area contributed by atoms with Crippen molar-refractivity contribution in [2.45, 2.75) is 18.7 Å². The van der Waals surface area contributed by atoms with E-state index >= 15 is 0 Å². The van der Waals surface area contributed by atoms with Crippen molar-refractivity contribution in [2.24, 2.45) is 0 Å². The Hall–Kier alpha value is -3.14. The summed E-state index contributed by atoms with van der Waals surface area (Å²) in [7, 11) is 1.61. The van der Waals surface area contributed by atoms with Crippen LogP contribution in [0.5, 0.6) is 17.2 Å². The van der Waals surface area contributed by atoms with Crippen LogP contribution in [0.1, 0.15) is 5.56 Å². The number of nitrogens with zero attached hydrogens (tertiary/aromatic N) is 3. The Bertz CT molecular complexity index is 1030. The lowest BCUT2D eigenvalue weighted by Gasteiger charge is -2.30. The summed E-state index contributed by atoms with van der Waals surface area (Å²) in [6.45, 7) is 3.43. The predicted molar refractivity (Wildman–Crippen MR) is 124 cm³/mol. The smallest absolute Gasteiger partial charge is 0.161 e. The van der Waals surface area contributed by atoms with Gasteiger partial charge in [-0.25, -0.2) is 4.39 Å². The van der Waals surface area contributed by atoms with E-state index in [9.17, 15) is 9.50 Å². The van der Waals surface area contributed by atoms with E-state index < -0.39 is 5.60 Å². The first kappa shape index (κ1) is 24.0. The molecule has 0 unspecified atom stereocenters. The molecule has 1 N–H and O–H groups in total. The molecule has 0 saturated carbocycles. The van der Waals surface area contributed by atoms with E-state index in [0.717, 1.165) is 5.56 Å². The van der Waals surface area contributed by atoms with Gasteiger partial charge in [0.05, 0.1) is 26.9 Å². The van der Waals surface area contributed by atoms with Crippen molar-refractivity contribution in [1.29, 1.82) is 0 Å². The third-order valence-electron chi connectivity index (χ3n) is 5.53. The van der Waals surface area contributed by atoms with Gasteiger partial charge in [-0.1, -0.05) is 6.07 Å². The predicted octanol–water partition coefficient (Wildman–Crippen LogP) is 2.75. The Morgan fingerprint density at radius 1 is 1.15 bits per heavy atom. The highest BCUT2D eigenvalue weighted by molar-refractivity contribution is 5.43. The Labute approximate surface area is 198 Å². The molecule has 0 aliphatic carbocycles. The molecule has 0 amide bonds. The fourth-order valence-corrected chi connectivity index (χ4v) is 3.84. The molecule has 182 valence electrons. The fourth-order valence-electron chi connectivity index (χ4n) is 3.84. The van der Waals surface area contributed by atoms with E-state index in [1.54, 1.807) is 25.4 Å². The third kappa shape index (κ3) is 6.69. The number of benzene rings is 2. The van der Waals surface area contributed by atoms with Crippen LogP contribution in [0.2, 0.25) is 0 Å². The monoisotopic (exact) mass is 471 g/mol. The molecule has 2 heterocycles. The zero-order valence-electron chi connectivity index (χ0n) is 19.2. The van der Waals surface area contributed by atoms with E-state index in [1.165, 1.54) is 12.1 Å². The van der Waals surface area contributed by atoms with Gasteiger partial charge in [0.2, 0.25) is 0 Å². The van der Waals surface area contributed by atoms with Crippen molar-refractivity contribution in [3.05, 3.63) is 72.3 Å². The summed E-state index contributed by atoms with van der Waals surface area (Å²) in [5, 5.41) is 15.3. The molecule has 1 aliphatic rings. The zero-order valence-corrected chi connectivity index (χ0v) is 19.2. The number of hydrogen-bond acceptors (Lipinski definition) is 7. The molecule has 8 nitrogen and oxygen atoms in total. The Balaban J connectivity index is 1.37. The average molecular weight is 472 g/mol. The molecule has 1 saturated heterocycles. The molecule has 0 radical (unpaired) electrons. The highest BCUT2D eigenvalue weighted by Gasteiger charge is 2.33. The van der Waals surface area contributed by atoms with Crippen molar-refractivity contribution >= 4 is 0 Å². The molecule has 3 aromatic rings. The van der Waals surface area contributed by atoms with Crippen LogP contribution in [0.4, 0.5) is 4.39 Å². The summed E-state index contributed by atoms with van der Waals surface area (Å²) in [4.78, 5) is 2.12. The lowest BCUT2D eigenvalue weighted by Crippen LogP contribution is -2.48. The highest BCUT2D eigenvalue weighted by Crippen LogP contribution is 2.29. The Kier molecular flexibility index (Phi) is 7.99. The quantitative estimate of drug-likeness (QED) is 0.487. The first-order valence-corrected chi connectivity index (χ1v) is 11.2. The molecular weight excluding hydrogens is 441 g/mol. The number of hydrogen-bond donors (Lipinski definition) is 1. The van der Waals surface area contributed by atoms with Gasteiger partial charge in [-0.05, 0) is 48.0 Å². The van der Waals surface area contributed by atoms with Crippen molar-refractivity contribution in [3.8, 4) is 17.2 Å². The van der Waals surface area contributed by atoms with Crippen LogP contribution in [0.3, 0.4) is 0 Å². The van der Waals surface area contributed by atoms with Crippen LogP contribution < -0.4 is 14.2 Å². The van der Waals surface area contributed by atoms with Crippen LogP contribution in [0.25, 0.3) is 0 Å². The van der Waals surface area contributed by atoms with Gasteiger partial charge < -0.3 is 24.1 Å². The molecule has 0 bridgehead atoms. The number of aromatic nitrogens is 2. The van der Waals surface area contributed by atoms with Gasteiger partial charge in [-0.15, -0.1) is 0 Å². The summed E-state index contributed by atoms with van der Waals surface area (Å²) in [6.07, 6.45) is 3.62. The largest absolute Gasteiger partial charge is 0.493 e. The molecule has 4 rings (SSSR count). The van der Waals surface area contributed by atoms with Gasteiger partial charge in [-0.3, -0.25) is 9.58 Å². The van der Waals surface area contributed by atoms with Gasteiger partial charge in [0, 0.05) is 32.0 Å². The maximum absolute atomic E-state index is 13.1. The number of methoxy groups -OCH3 is 1. The van der Waals surface area contributed by atoms with Crippen molar-refractivity contribution in [2.75, 3.05) is 46.6 Å². The summed E-state index contributed by atoms with van der Waals surface area (Å²) in [5.41, 5.74) is -0.168. The fraction of sp³-hybridized carbons (Fsp3) is 0.400. The van der Waals surface area contributed by atoms with Gasteiger partial charge in [0.1, 0.15) is 30.4 Å². The maximum atomic E-state index is 13.1. The molecule has 1 atom stereocenters. The summed E-state index contributed by atoms with van der Waals surface area (Å²) < 4.78 is 37.7. The van der Waals surface area contributed by atoms with E-state index in [0.29, 0.717) is 56.6 Å². The van der Waals surface area contributed by atoms with Crippen LogP contribution in [-0.2, 0) is 17.8 Å². The van der Waals surface area contributed by atoms with Crippen molar-refractivity contribution < 1.29 is 28.4 Å². The highest BCUT2D eigenvalue weighted by atomic mass is 19.1. The van der Waals surface area contributed by atoms with E-state index in [2.05, 4.69) is 10.00 Å². The number of aliphatic hydroxyl groups is 1. The minimum absolute atomic E-state index is 0.0412. The minimum Gasteiger partial charge on any atom is -0.493 e. The second-order valence-electron chi connectivity index (χ2n) is 8.33. The first-order valence-electron chi connectivity index (χ1n) is 11.2.